The number of hydrogen-bond donors (Lipinski definition) is 0. The summed E-state index contributed by atoms with van der Waals surface area (Å²) in [4.78, 5) is 0. The van der Waals surface area contributed by atoms with Crippen molar-refractivity contribution in [3.05, 3.63) is 34.4 Å². The van der Waals surface area contributed by atoms with Gasteiger partial charge in [0.1, 0.15) is 0 Å². The van der Waals surface area contributed by atoms with Gasteiger partial charge in [0.15, 0.2) is 0 Å². The first-order valence-electron chi connectivity index (χ1n) is 8.01. The lowest BCUT2D eigenvalue weighted by Gasteiger charge is -2.29. The van der Waals surface area contributed by atoms with Crippen LogP contribution in [0.25, 0.3) is 0 Å². The summed E-state index contributed by atoms with van der Waals surface area (Å²) in [5.41, 5.74) is 6.89. The maximum absolute atomic E-state index is 2.46. The highest BCUT2D eigenvalue weighted by atomic mass is 14.3. The Labute approximate surface area is 112 Å². The van der Waals surface area contributed by atoms with E-state index in [0.717, 1.165) is 5.92 Å². The number of aryl methyl sites for hydroxylation is 1. The van der Waals surface area contributed by atoms with Gasteiger partial charge >= 0.3 is 0 Å². The van der Waals surface area contributed by atoms with Crippen molar-refractivity contribution in [2.45, 2.75) is 71.1 Å². The van der Waals surface area contributed by atoms with Crippen LogP contribution >= 0.6 is 0 Å². The second-order valence-corrected chi connectivity index (χ2v) is 6.30. The van der Waals surface area contributed by atoms with Gasteiger partial charge in [-0.3, -0.25) is 0 Å². The molecule has 0 aliphatic heterocycles. The monoisotopic (exact) mass is 242 g/mol. The molecule has 1 unspecified atom stereocenters. The Hall–Kier alpha value is -0.780. The molecule has 0 saturated carbocycles. The molecule has 1 aromatic carbocycles. The topological polar surface area (TPSA) is 0 Å². The maximum atomic E-state index is 2.46. The van der Waals surface area contributed by atoms with E-state index >= 15 is 0 Å². The molecule has 0 fully saturated rings. The van der Waals surface area contributed by atoms with E-state index in [2.05, 4.69) is 19.1 Å². The van der Waals surface area contributed by atoms with E-state index in [9.17, 15) is 0 Å². The third kappa shape index (κ3) is 2.35. The highest BCUT2D eigenvalue weighted by Crippen LogP contribution is 2.34. The van der Waals surface area contributed by atoms with Crippen LogP contribution in [0.3, 0.4) is 0 Å². The highest BCUT2D eigenvalue weighted by molar-refractivity contribution is 5.44. The second-order valence-electron chi connectivity index (χ2n) is 6.30. The van der Waals surface area contributed by atoms with E-state index in [1.807, 2.05) is 0 Å². The van der Waals surface area contributed by atoms with Crippen LogP contribution in [0.4, 0.5) is 0 Å². The molecule has 0 saturated heterocycles. The predicted molar refractivity (Wildman–Crippen MR) is 78.1 cm³/mol. The van der Waals surface area contributed by atoms with Crippen molar-refractivity contribution < 1.29 is 0 Å². The summed E-state index contributed by atoms with van der Waals surface area (Å²) >= 11 is 0. The zero-order chi connectivity index (χ0) is 12.4. The van der Waals surface area contributed by atoms with Crippen LogP contribution in [0, 0.1) is 5.92 Å². The second kappa shape index (κ2) is 5.47. The molecule has 0 aromatic heterocycles. The third-order valence-corrected chi connectivity index (χ3v) is 5.03. The quantitative estimate of drug-likeness (QED) is 0.710. The Balaban J connectivity index is 1.80. The van der Waals surface area contributed by atoms with Gasteiger partial charge in [0.2, 0.25) is 0 Å². The van der Waals surface area contributed by atoms with Gasteiger partial charge in [-0.25, -0.2) is 0 Å². The van der Waals surface area contributed by atoms with E-state index in [0.29, 0.717) is 0 Å². The number of unbranched alkanes of at least 4 members (excludes halogenated alkanes) is 1. The van der Waals surface area contributed by atoms with Crippen molar-refractivity contribution >= 4 is 0 Å². The molecule has 0 N–H and O–H groups in total. The van der Waals surface area contributed by atoms with Gasteiger partial charge in [0.05, 0.1) is 0 Å². The van der Waals surface area contributed by atoms with Crippen LogP contribution in [0.15, 0.2) is 12.1 Å². The van der Waals surface area contributed by atoms with Crippen LogP contribution in [0.5, 0.6) is 0 Å². The zero-order valence-corrected chi connectivity index (χ0v) is 11.8. The van der Waals surface area contributed by atoms with Crippen molar-refractivity contribution in [2.24, 2.45) is 5.92 Å². The fourth-order valence-corrected chi connectivity index (χ4v) is 3.96. The van der Waals surface area contributed by atoms with Gasteiger partial charge < -0.3 is 0 Å². The van der Waals surface area contributed by atoms with Gasteiger partial charge in [0, 0.05) is 0 Å². The molecule has 0 spiro atoms. The van der Waals surface area contributed by atoms with E-state index in [1.54, 1.807) is 22.3 Å². The minimum absolute atomic E-state index is 0.971. The summed E-state index contributed by atoms with van der Waals surface area (Å²) in [6, 6.07) is 4.90. The molecule has 3 rings (SSSR count). The molecule has 98 valence electrons. The van der Waals surface area contributed by atoms with Crippen molar-refractivity contribution in [3.8, 4) is 0 Å². The molecule has 1 aromatic rings. The number of fused-ring (bicyclic) bond motifs is 3. The van der Waals surface area contributed by atoms with Crippen molar-refractivity contribution in [3.63, 3.8) is 0 Å². The van der Waals surface area contributed by atoms with Gasteiger partial charge in [0.25, 0.3) is 0 Å². The zero-order valence-electron chi connectivity index (χ0n) is 11.8. The minimum atomic E-state index is 0.971. The molecule has 1 atom stereocenters. The highest BCUT2D eigenvalue weighted by Gasteiger charge is 2.22. The van der Waals surface area contributed by atoms with E-state index in [4.69, 9.17) is 0 Å². The molecule has 0 radical (unpaired) electrons. The smallest absolute Gasteiger partial charge is 0.0247 e. The Morgan fingerprint density at radius 2 is 1.78 bits per heavy atom. The molecule has 0 bridgehead atoms. The first-order valence-corrected chi connectivity index (χ1v) is 8.01. The van der Waals surface area contributed by atoms with Crippen LogP contribution < -0.4 is 0 Å². The van der Waals surface area contributed by atoms with Crippen molar-refractivity contribution in [1.29, 1.82) is 0 Å². The summed E-state index contributed by atoms with van der Waals surface area (Å²) in [6.45, 7) is 2.31. The Morgan fingerprint density at radius 3 is 2.67 bits per heavy atom. The fraction of sp³-hybridized carbons (Fsp3) is 0.667. The lowest BCUT2D eigenvalue weighted by atomic mass is 9.76. The Kier molecular flexibility index (Phi) is 3.72. The molecule has 2 aliphatic rings. The lowest BCUT2D eigenvalue weighted by Crippen LogP contribution is -2.18. The van der Waals surface area contributed by atoms with Crippen LogP contribution in [-0.2, 0) is 25.7 Å². The third-order valence-electron chi connectivity index (χ3n) is 5.03. The Bertz CT molecular complexity index is 416. The summed E-state index contributed by atoms with van der Waals surface area (Å²) in [6.07, 6.45) is 13.9. The maximum Gasteiger partial charge on any atom is -0.0247 e. The summed E-state index contributed by atoms with van der Waals surface area (Å²) in [5, 5.41) is 0. The molecule has 0 heterocycles. The van der Waals surface area contributed by atoms with E-state index in [-0.39, 0.29) is 0 Å². The molecule has 0 amide bonds. The van der Waals surface area contributed by atoms with Crippen molar-refractivity contribution in [1.82, 2.24) is 0 Å². The molecular weight excluding hydrogens is 216 g/mol. The molecular formula is C18H26. The summed E-state index contributed by atoms with van der Waals surface area (Å²) in [5.74, 6) is 0.971. The number of hydrogen-bond acceptors (Lipinski definition) is 0. The molecule has 2 aliphatic carbocycles. The normalized spacial score (nSPS) is 22.4. The molecule has 0 nitrogen and oxygen atoms in total. The van der Waals surface area contributed by atoms with Crippen LogP contribution in [0.2, 0.25) is 0 Å². The largest absolute Gasteiger partial charge is 0.0654 e. The van der Waals surface area contributed by atoms with Crippen molar-refractivity contribution in [2.75, 3.05) is 0 Å². The van der Waals surface area contributed by atoms with E-state index in [1.165, 1.54) is 64.2 Å². The average Bonchev–Trinajstić information content (AvgIpc) is 2.44. The average molecular weight is 242 g/mol. The predicted octanol–water partition coefficient (Wildman–Crippen LogP) is 4.86. The van der Waals surface area contributed by atoms with Gasteiger partial charge in [-0.15, -0.1) is 0 Å². The summed E-state index contributed by atoms with van der Waals surface area (Å²) in [7, 11) is 0. The lowest BCUT2D eigenvalue weighted by molar-refractivity contribution is 0.411. The Morgan fingerprint density at radius 1 is 1.00 bits per heavy atom. The van der Waals surface area contributed by atoms with Crippen LogP contribution in [0.1, 0.15) is 67.7 Å². The minimum Gasteiger partial charge on any atom is -0.0654 e. The SMILES string of the molecule is CCCCC1CCc2c(ccc3c2CCCC3)C1. The first-order chi connectivity index (χ1) is 8.88. The molecule has 0 heteroatoms. The summed E-state index contributed by atoms with van der Waals surface area (Å²) < 4.78 is 0. The standard InChI is InChI=1S/C18H26/c1-2-3-6-14-9-12-18-16(13-14)11-10-15-7-4-5-8-17(15)18/h10-11,14H,2-9,12-13H2,1H3. The molecule has 18 heavy (non-hydrogen) atoms. The number of rotatable bonds is 3. The van der Waals surface area contributed by atoms with Crippen LogP contribution in [-0.4, -0.2) is 0 Å². The van der Waals surface area contributed by atoms with Gasteiger partial charge in [-0.1, -0.05) is 38.3 Å². The number of benzene rings is 1. The van der Waals surface area contributed by atoms with Gasteiger partial charge in [-0.05, 0) is 73.1 Å². The first kappa shape index (κ1) is 12.3. The fourth-order valence-electron chi connectivity index (χ4n) is 3.96. The van der Waals surface area contributed by atoms with Gasteiger partial charge in [-0.2, -0.15) is 0 Å². The van der Waals surface area contributed by atoms with E-state index < -0.39 is 0 Å².